The molecule has 1 fully saturated rings. The van der Waals surface area contributed by atoms with Gasteiger partial charge in [0.15, 0.2) is 0 Å². The Morgan fingerprint density at radius 3 is 2.23 bits per heavy atom. The third-order valence-electron chi connectivity index (χ3n) is 5.47. The van der Waals surface area contributed by atoms with E-state index in [0.717, 1.165) is 32.4 Å². The molecule has 0 saturated heterocycles. The average Bonchev–Trinajstić information content (AvgIpc) is 3.56. The molecule has 2 aromatic rings. The van der Waals surface area contributed by atoms with Crippen molar-refractivity contribution in [3.8, 4) is 0 Å². The summed E-state index contributed by atoms with van der Waals surface area (Å²) in [7, 11) is -3.51. The minimum Gasteiger partial charge on any atom is -0.350 e. The first-order valence-corrected chi connectivity index (χ1v) is 12.1. The van der Waals surface area contributed by atoms with Crippen molar-refractivity contribution in [3.63, 3.8) is 0 Å². The molecule has 0 aromatic heterocycles. The Hall–Kier alpha value is -2.22. The van der Waals surface area contributed by atoms with Crippen LogP contribution in [-0.4, -0.2) is 50.9 Å². The van der Waals surface area contributed by atoms with Crippen LogP contribution in [0.3, 0.4) is 0 Å². The second-order valence-corrected chi connectivity index (χ2v) is 9.41. The Morgan fingerprint density at radius 1 is 1.03 bits per heavy atom. The van der Waals surface area contributed by atoms with Crippen molar-refractivity contribution in [1.82, 2.24) is 14.9 Å². The normalized spacial score (nSPS) is 15.2. The third kappa shape index (κ3) is 6.14. The van der Waals surface area contributed by atoms with Crippen LogP contribution >= 0.6 is 0 Å². The molecular formula is C23H31N3O3S. The Morgan fingerprint density at radius 2 is 1.67 bits per heavy atom. The number of hydrogen-bond acceptors (Lipinski definition) is 4. The lowest BCUT2D eigenvalue weighted by Crippen LogP contribution is -2.45. The summed E-state index contributed by atoms with van der Waals surface area (Å²) >= 11 is 0. The lowest BCUT2D eigenvalue weighted by molar-refractivity contribution is 0.0934. The average molecular weight is 430 g/mol. The molecule has 7 heteroatoms. The zero-order chi connectivity index (χ0) is 21.6. The van der Waals surface area contributed by atoms with Gasteiger partial charge in [0.25, 0.3) is 5.91 Å². The van der Waals surface area contributed by atoms with E-state index in [1.165, 1.54) is 17.7 Å². The van der Waals surface area contributed by atoms with Gasteiger partial charge in [0.05, 0.1) is 4.90 Å². The largest absolute Gasteiger partial charge is 0.350 e. The van der Waals surface area contributed by atoms with E-state index in [9.17, 15) is 13.2 Å². The van der Waals surface area contributed by atoms with E-state index in [-0.39, 0.29) is 22.9 Å². The van der Waals surface area contributed by atoms with Crippen LogP contribution in [0.15, 0.2) is 59.5 Å². The first-order valence-electron chi connectivity index (χ1n) is 10.6. The second-order valence-electron chi connectivity index (χ2n) is 7.69. The summed E-state index contributed by atoms with van der Waals surface area (Å²) in [6.07, 6.45) is 2.62. The lowest BCUT2D eigenvalue weighted by atomic mass is 10.0. The fourth-order valence-electron chi connectivity index (χ4n) is 3.54. The number of hydrogen-bond donors (Lipinski definition) is 2. The zero-order valence-electron chi connectivity index (χ0n) is 17.7. The molecule has 0 spiro atoms. The fraction of sp³-hybridized carbons (Fsp3) is 0.435. The molecule has 1 aliphatic rings. The van der Waals surface area contributed by atoms with Gasteiger partial charge in [0.1, 0.15) is 0 Å². The predicted molar refractivity (Wildman–Crippen MR) is 119 cm³/mol. The SMILES string of the molecule is CCN(CC)C(CNC(=O)c1ccc(S(=O)(=O)NC2CC2)cc1)Cc1ccccc1. The van der Waals surface area contributed by atoms with Gasteiger partial charge in [-0.3, -0.25) is 9.69 Å². The number of nitrogens with one attached hydrogen (secondary N) is 2. The zero-order valence-corrected chi connectivity index (χ0v) is 18.5. The van der Waals surface area contributed by atoms with Crippen LogP contribution in [0.1, 0.15) is 42.6 Å². The highest BCUT2D eigenvalue weighted by molar-refractivity contribution is 7.89. The highest BCUT2D eigenvalue weighted by Gasteiger charge is 2.28. The second kappa shape index (κ2) is 10.2. The van der Waals surface area contributed by atoms with Crippen LogP contribution in [0.2, 0.25) is 0 Å². The van der Waals surface area contributed by atoms with Crippen molar-refractivity contribution in [2.24, 2.45) is 0 Å². The monoisotopic (exact) mass is 429 g/mol. The summed E-state index contributed by atoms with van der Waals surface area (Å²) in [5.41, 5.74) is 1.69. The quantitative estimate of drug-likeness (QED) is 0.576. The molecule has 1 atom stereocenters. The summed E-state index contributed by atoms with van der Waals surface area (Å²) in [6.45, 7) is 6.59. The van der Waals surface area contributed by atoms with E-state index in [2.05, 4.69) is 40.9 Å². The summed E-state index contributed by atoms with van der Waals surface area (Å²) in [4.78, 5) is 15.2. The van der Waals surface area contributed by atoms with Crippen LogP contribution in [-0.2, 0) is 16.4 Å². The Labute approximate surface area is 179 Å². The van der Waals surface area contributed by atoms with Gasteiger partial charge in [-0.15, -0.1) is 0 Å². The Bertz CT molecular complexity index is 922. The number of carbonyl (C=O) groups is 1. The number of sulfonamides is 1. The van der Waals surface area contributed by atoms with Crippen molar-refractivity contribution >= 4 is 15.9 Å². The van der Waals surface area contributed by atoms with Crippen molar-refractivity contribution < 1.29 is 13.2 Å². The standard InChI is InChI=1S/C23H31N3O3S/c1-3-26(4-2)21(16-18-8-6-5-7-9-18)17-24-23(27)19-10-14-22(15-11-19)30(28,29)25-20-12-13-20/h5-11,14-15,20-21,25H,3-4,12-13,16-17H2,1-2H3,(H,24,27). The van der Waals surface area contributed by atoms with Gasteiger partial charge in [-0.1, -0.05) is 44.2 Å². The van der Waals surface area contributed by atoms with E-state index in [1.54, 1.807) is 12.1 Å². The first kappa shape index (κ1) is 22.5. The molecule has 1 unspecified atom stereocenters. The number of carbonyl (C=O) groups excluding carboxylic acids is 1. The summed E-state index contributed by atoms with van der Waals surface area (Å²) in [5.74, 6) is -0.195. The summed E-state index contributed by atoms with van der Waals surface area (Å²) in [5, 5.41) is 3.02. The number of likely N-dealkylation sites (N-methyl/N-ethyl adjacent to an activating group) is 1. The fourth-order valence-corrected chi connectivity index (χ4v) is 4.85. The lowest BCUT2D eigenvalue weighted by Gasteiger charge is -2.30. The molecule has 0 radical (unpaired) electrons. The molecular weight excluding hydrogens is 398 g/mol. The van der Waals surface area contributed by atoms with E-state index in [1.807, 2.05) is 18.2 Å². The van der Waals surface area contributed by atoms with Gasteiger partial charge in [-0.05, 0) is 62.2 Å². The maximum atomic E-state index is 12.7. The number of benzene rings is 2. The summed E-state index contributed by atoms with van der Waals surface area (Å²) in [6, 6.07) is 16.6. The van der Waals surface area contributed by atoms with E-state index in [0.29, 0.717) is 12.1 Å². The van der Waals surface area contributed by atoms with Gasteiger partial charge in [0, 0.05) is 24.2 Å². The molecule has 1 saturated carbocycles. The maximum absolute atomic E-state index is 12.7. The van der Waals surface area contributed by atoms with Crippen LogP contribution in [0.5, 0.6) is 0 Å². The third-order valence-corrected chi connectivity index (χ3v) is 7.00. The van der Waals surface area contributed by atoms with E-state index >= 15 is 0 Å². The van der Waals surface area contributed by atoms with Gasteiger partial charge in [0.2, 0.25) is 10.0 Å². The molecule has 162 valence electrons. The number of rotatable bonds is 11. The maximum Gasteiger partial charge on any atom is 0.251 e. The molecule has 1 amide bonds. The van der Waals surface area contributed by atoms with Crippen molar-refractivity contribution in [2.45, 2.75) is 50.1 Å². The molecule has 0 heterocycles. The first-order chi connectivity index (χ1) is 14.4. The topological polar surface area (TPSA) is 78.5 Å². The summed E-state index contributed by atoms with van der Waals surface area (Å²) < 4.78 is 27.2. The molecule has 6 nitrogen and oxygen atoms in total. The molecule has 1 aliphatic carbocycles. The van der Waals surface area contributed by atoms with Crippen molar-refractivity contribution in [3.05, 3.63) is 65.7 Å². The van der Waals surface area contributed by atoms with Crippen LogP contribution in [0.4, 0.5) is 0 Å². The molecule has 0 bridgehead atoms. The molecule has 2 aromatic carbocycles. The van der Waals surface area contributed by atoms with Crippen LogP contribution in [0.25, 0.3) is 0 Å². The number of amides is 1. The Balaban J connectivity index is 1.62. The smallest absolute Gasteiger partial charge is 0.251 e. The van der Waals surface area contributed by atoms with Crippen LogP contribution < -0.4 is 10.0 Å². The van der Waals surface area contributed by atoms with E-state index < -0.39 is 10.0 Å². The van der Waals surface area contributed by atoms with E-state index in [4.69, 9.17) is 0 Å². The highest BCUT2D eigenvalue weighted by atomic mass is 32.2. The molecule has 0 aliphatic heterocycles. The van der Waals surface area contributed by atoms with Crippen molar-refractivity contribution in [2.75, 3.05) is 19.6 Å². The molecule has 3 rings (SSSR count). The van der Waals surface area contributed by atoms with Crippen molar-refractivity contribution in [1.29, 1.82) is 0 Å². The van der Waals surface area contributed by atoms with Gasteiger partial charge < -0.3 is 5.32 Å². The highest BCUT2D eigenvalue weighted by Crippen LogP contribution is 2.22. The predicted octanol–water partition coefficient (Wildman–Crippen LogP) is 2.81. The minimum absolute atomic E-state index is 0.0552. The molecule has 2 N–H and O–H groups in total. The minimum atomic E-state index is -3.51. The van der Waals surface area contributed by atoms with Gasteiger partial charge >= 0.3 is 0 Å². The van der Waals surface area contributed by atoms with Gasteiger partial charge in [-0.2, -0.15) is 0 Å². The Kier molecular flexibility index (Phi) is 7.64. The van der Waals surface area contributed by atoms with Gasteiger partial charge in [-0.25, -0.2) is 13.1 Å². The number of nitrogens with zero attached hydrogens (tertiary/aromatic N) is 1. The molecule has 30 heavy (non-hydrogen) atoms. The van der Waals surface area contributed by atoms with Crippen LogP contribution in [0, 0.1) is 0 Å².